The second-order valence-corrected chi connectivity index (χ2v) is 5.47. The van der Waals surface area contributed by atoms with E-state index in [2.05, 4.69) is 25.5 Å². The van der Waals surface area contributed by atoms with Crippen molar-refractivity contribution in [3.8, 4) is 0 Å². The number of hydrogen-bond donors (Lipinski definition) is 3. The van der Waals surface area contributed by atoms with Crippen LogP contribution < -0.4 is 16.7 Å². The third-order valence-corrected chi connectivity index (χ3v) is 3.71. The molecule has 10 nitrogen and oxygen atoms in total. The average molecular weight is 363 g/mol. The number of nitrogens with one attached hydrogen (secondary N) is 3. The number of aromatic nitrogens is 3. The van der Waals surface area contributed by atoms with E-state index in [4.69, 9.17) is 0 Å². The summed E-state index contributed by atoms with van der Waals surface area (Å²) in [5.74, 6) is -1.01. The Labute approximate surface area is 144 Å². The van der Waals surface area contributed by atoms with Gasteiger partial charge in [0.25, 0.3) is 5.56 Å². The SMILES string of the molecule is COC(=O)c1ccc(/C=N/NC(=O)CSc2n[nH]c(=O)[nH]c2=O)cc1. The molecule has 0 spiro atoms. The first kappa shape index (κ1) is 18.1. The third-order valence-electron chi connectivity index (χ3n) is 2.75. The van der Waals surface area contributed by atoms with E-state index in [0.717, 1.165) is 11.8 Å². The number of esters is 1. The molecule has 1 aromatic carbocycles. The molecule has 3 N–H and O–H groups in total. The number of amides is 1. The number of methoxy groups -OCH3 is 1. The Kier molecular flexibility index (Phi) is 6.23. The van der Waals surface area contributed by atoms with E-state index in [1.165, 1.54) is 13.3 Å². The molecule has 25 heavy (non-hydrogen) atoms. The van der Waals surface area contributed by atoms with Gasteiger partial charge in [-0.1, -0.05) is 23.9 Å². The molecule has 0 unspecified atom stereocenters. The fourth-order valence-corrected chi connectivity index (χ4v) is 2.23. The predicted octanol–water partition coefficient (Wildman–Crippen LogP) is -0.513. The molecule has 0 atom stereocenters. The summed E-state index contributed by atoms with van der Waals surface area (Å²) in [6.45, 7) is 0. The summed E-state index contributed by atoms with van der Waals surface area (Å²) in [5.41, 5.74) is 1.96. The number of hydrazone groups is 1. The minimum absolute atomic E-state index is 0.0304. The molecular formula is C14H13N5O5S. The van der Waals surface area contributed by atoms with E-state index in [1.807, 2.05) is 4.98 Å². The number of rotatable bonds is 6. The van der Waals surface area contributed by atoms with Crippen LogP contribution in [-0.4, -0.2) is 46.1 Å². The van der Waals surface area contributed by atoms with Crippen LogP contribution in [0, 0.1) is 0 Å². The molecular weight excluding hydrogens is 350 g/mol. The van der Waals surface area contributed by atoms with E-state index in [9.17, 15) is 19.2 Å². The maximum Gasteiger partial charge on any atom is 0.342 e. The van der Waals surface area contributed by atoms with Gasteiger partial charge in [-0.05, 0) is 17.7 Å². The van der Waals surface area contributed by atoms with Gasteiger partial charge in [0.1, 0.15) is 0 Å². The van der Waals surface area contributed by atoms with Gasteiger partial charge in [0.15, 0.2) is 5.03 Å². The molecule has 130 valence electrons. The molecule has 0 aliphatic heterocycles. The summed E-state index contributed by atoms with van der Waals surface area (Å²) in [7, 11) is 1.29. The van der Waals surface area contributed by atoms with Crippen molar-refractivity contribution in [2.75, 3.05) is 12.9 Å². The van der Waals surface area contributed by atoms with Gasteiger partial charge in [-0.3, -0.25) is 14.6 Å². The van der Waals surface area contributed by atoms with Crippen molar-refractivity contribution in [1.82, 2.24) is 20.6 Å². The first-order valence-corrected chi connectivity index (χ1v) is 7.80. The van der Waals surface area contributed by atoms with Crippen molar-refractivity contribution >= 4 is 29.9 Å². The summed E-state index contributed by atoms with van der Waals surface area (Å²) in [5, 5.41) is 9.34. The van der Waals surface area contributed by atoms with Gasteiger partial charge in [0.2, 0.25) is 5.91 Å². The van der Waals surface area contributed by atoms with Crippen molar-refractivity contribution in [2.45, 2.75) is 5.03 Å². The van der Waals surface area contributed by atoms with Crippen molar-refractivity contribution in [1.29, 1.82) is 0 Å². The predicted molar refractivity (Wildman–Crippen MR) is 89.7 cm³/mol. The van der Waals surface area contributed by atoms with Crippen LogP contribution in [0.3, 0.4) is 0 Å². The van der Waals surface area contributed by atoms with E-state index >= 15 is 0 Å². The van der Waals surface area contributed by atoms with Gasteiger partial charge >= 0.3 is 11.7 Å². The van der Waals surface area contributed by atoms with Gasteiger partial charge in [0, 0.05) is 0 Å². The first-order chi connectivity index (χ1) is 12.0. The number of carbonyl (C=O) groups is 2. The fourth-order valence-electron chi connectivity index (χ4n) is 1.60. The van der Waals surface area contributed by atoms with Gasteiger partial charge in [-0.25, -0.2) is 20.1 Å². The summed E-state index contributed by atoms with van der Waals surface area (Å²) in [6, 6.07) is 6.42. The van der Waals surface area contributed by atoms with E-state index < -0.39 is 23.1 Å². The Morgan fingerprint density at radius 1 is 1.32 bits per heavy atom. The molecule has 0 bridgehead atoms. The molecule has 1 heterocycles. The van der Waals surface area contributed by atoms with Gasteiger partial charge in [-0.15, -0.1) is 0 Å². The summed E-state index contributed by atoms with van der Waals surface area (Å²) < 4.78 is 4.59. The first-order valence-electron chi connectivity index (χ1n) is 6.81. The van der Waals surface area contributed by atoms with Crippen LogP contribution >= 0.6 is 11.8 Å². The molecule has 0 fully saturated rings. The van der Waals surface area contributed by atoms with E-state index in [0.29, 0.717) is 11.1 Å². The highest BCUT2D eigenvalue weighted by Gasteiger charge is 2.07. The summed E-state index contributed by atoms with van der Waals surface area (Å²) >= 11 is 0.855. The zero-order valence-corrected chi connectivity index (χ0v) is 13.8. The zero-order valence-electron chi connectivity index (χ0n) is 12.9. The van der Waals surface area contributed by atoms with Crippen LogP contribution in [0.15, 0.2) is 44.0 Å². The monoisotopic (exact) mass is 363 g/mol. The van der Waals surface area contributed by atoms with Crippen molar-refractivity contribution in [2.24, 2.45) is 5.10 Å². The Bertz CT molecular complexity index is 903. The quantitative estimate of drug-likeness (QED) is 0.271. The van der Waals surface area contributed by atoms with Crippen molar-refractivity contribution < 1.29 is 14.3 Å². The maximum absolute atomic E-state index is 11.6. The lowest BCUT2D eigenvalue weighted by molar-refractivity contribution is -0.118. The number of benzene rings is 1. The fraction of sp³-hybridized carbons (Fsp3) is 0.143. The molecule has 2 rings (SSSR count). The maximum atomic E-state index is 11.6. The summed E-state index contributed by atoms with van der Waals surface area (Å²) in [6.07, 6.45) is 1.40. The number of ether oxygens (including phenoxy) is 1. The average Bonchev–Trinajstić information content (AvgIpc) is 2.61. The molecule has 1 amide bonds. The lowest BCUT2D eigenvalue weighted by atomic mass is 10.1. The highest BCUT2D eigenvalue weighted by Crippen LogP contribution is 2.07. The van der Waals surface area contributed by atoms with Crippen molar-refractivity contribution in [3.63, 3.8) is 0 Å². The van der Waals surface area contributed by atoms with Crippen LogP contribution in [0.4, 0.5) is 0 Å². The molecule has 0 aliphatic carbocycles. The van der Waals surface area contributed by atoms with Gasteiger partial charge in [0.05, 0.1) is 24.6 Å². The minimum Gasteiger partial charge on any atom is -0.465 e. The number of H-pyrrole nitrogens is 2. The van der Waals surface area contributed by atoms with Crippen LogP contribution in [0.2, 0.25) is 0 Å². The molecule has 1 aromatic heterocycles. The molecule has 0 saturated carbocycles. The van der Waals surface area contributed by atoms with E-state index in [1.54, 1.807) is 24.3 Å². The zero-order chi connectivity index (χ0) is 18.2. The molecule has 2 aromatic rings. The largest absolute Gasteiger partial charge is 0.465 e. The minimum atomic E-state index is -0.721. The van der Waals surface area contributed by atoms with Gasteiger partial charge < -0.3 is 4.74 Å². The number of hydrogen-bond acceptors (Lipinski definition) is 8. The second-order valence-electron chi connectivity index (χ2n) is 4.51. The Hall–Kier alpha value is -3.21. The smallest absolute Gasteiger partial charge is 0.342 e. The molecule has 11 heteroatoms. The number of carbonyl (C=O) groups excluding carboxylic acids is 2. The number of nitrogens with zero attached hydrogens (tertiary/aromatic N) is 2. The van der Waals surface area contributed by atoms with Crippen LogP contribution in [-0.2, 0) is 9.53 Å². The van der Waals surface area contributed by atoms with E-state index in [-0.39, 0.29) is 10.8 Å². The van der Waals surface area contributed by atoms with Gasteiger partial charge in [-0.2, -0.15) is 10.2 Å². The lowest BCUT2D eigenvalue weighted by Gasteiger charge is -2.00. The molecule has 0 radical (unpaired) electrons. The number of aromatic amines is 2. The lowest BCUT2D eigenvalue weighted by Crippen LogP contribution is -2.26. The topological polar surface area (TPSA) is 146 Å². The molecule has 0 saturated heterocycles. The highest BCUT2D eigenvalue weighted by molar-refractivity contribution is 7.99. The van der Waals surface area contributed by atoms with Crippen LogP contribution in [0.25, 0.3) is 0 Å². The standard InChI is InChI=1S/C14H13N5O5S/c1-24-13(22)9-4-2-8(3-5-9)6-15-17-10(20)7-25-12-11(21)16-14(23)19-18-12/h2-6H,7H2,1H3,(H,17,20)(H2,16,19,21,23)/b15-6+. The Morgan fingerprint density at radius 2 is 2.04 bits per heavy atom. The van der Waals surface area contributed by atoms with Crippen LogP contribution in [0.1, 0.15) is 15.9 Å². The second kappa shape index (κ2) is 8.59. The van der Waals surface area contributed by atoms with Crippen LogP contribution in [0.5, 0.6) is 0 Å². The number of thioether (sulfide) groups is 1. The normalized spacial score (nSPS) is 10.6. The molecule has 0 aliphatic rings. The Balaban J connectivity index is 1.84. The Morgan fingerprint density at radius 3 is 2.68 bits per heavy atom. The highest BCUT2D eigenvalue weighted by atomic mass is 32.2. The van der Waals surface area contributed by atoms with Crippen molar-refractivity contribution in [3.05, 3.63) is 56.2 Å². The summed E-state index contributed by atoms with van der Waals surface area (Å²) in [4.78, 5) is 47.2. The third kappa shape index (κ3) is 5.42.